The van der Waals surface area contributed by atoms with Gasteiger partial charge in [0.25, 0.3) is 0 Å². The summed E-state index contributed by atoms with van der Waals surface area (Å²) in [6, 6.07) is 7.24. The average Bonchev–Trinajstić information content (AvgIpc) is 2.39. The smallest absolute Gasteiger partial charge is 0.309 e. The van der Waals surface area contributed by atoms with E-state index in [9.17, 15) is 9.90 Å². The molecule has 1 fully saturated rings. The molecule has 19 heavy (non-hydrogen) atoms. The number of carbonyl (C=O) groups excluding carboxylic acids is 1. The van der Waals surface area contributed by atoms with E-state index in [1.165, 1.54) is 0 Å². The van der Waals surface area contributed by atoms with Crippen LogP contribution >= 0.6 is 0 Å². The summed E-state index contributed by atoms with van der Waals surface area (Å²) in [6.45, 7) is 3.95. The van der Waals surface area contributed by atoms with Crippen LogP contribution in [0, 0.1) is 11.8 Å². The molecular weight excluding hydrogens is 242 g/mol. The molecule has 1 aliphatic heterocycles. The molecule has 1 saturated heterocycles. The zero-order valence-corrected chi connectivity index (χ0v) is 11.3. The van der Waals surface area contributed by atoms with Crippen LogP contribution < -0.4 is 5.32 Å². The van der Waals surface area contributed by atoms with E-state index in [2.05, 4.69) is 5.32 Å². The fourth-order valence-electron chi connectivity index (χ4n) is 2.68. The quantitative estimate of drug-likeness (QED) is 0.812. The Morgan fingerprint density at radius 2 is 2.37 bits per heavy atom. The molecule has 2 N–H and O–H groups in total. The van der Waals surface area contributed by atoms with Crippen molar-refractivity contribution in [2.24, 2.45) is 11.8 Å². The van der Waals surface area contributed by atoms with E-state index in [-0.39, 0.29) is 23.6 Å². The van der Waals surface area contributed by atoms with Crippen LogP contribution in [0.2, 0.25) is 0 Å². The van der Waals surface area contributed by atoms with Crippen molar-refractivity contribution < 1.29 is 14.6 Å². The lowest BCUT2D eigenvalue weighted by Crippen LogP contribution is -2.41. The van der Waals surface area contributed by atoms with Gasteiger partial charge >= 0.3 is 5.97 Å². The highest BCUT2D eigenvalue weighted by Crippen LogP contribution is 2.25. The number of esters is 1. The third-order valence-electron chi connectivity index (χ3n) is 3.61. The molecule has 4 heteroatoms. The number of carbonyl (C=O) groups is 1. The summed E-state index contributed by atoms with van der Waals surface area (Å²) in [4.78, 5) is 12.0. The Morgan fingerprint density at radius 1 is 1.53 bits per heavy atom. The topological polar surface area (TPSA) is 58.6 Å². The number of hydrogen-bond donors (Lipinski definition) is 2. The molecule has 0 radical (unpaired) electrons. The van der Waals surface area contributed by atoms with Gasteiger partial charge < -0.3 is 15.2 Å². The predicted octanol–water partition coefficient (Wildman–Crippen LogP) is 1.72. The molecular formula is C15H21NO3. The molecule has 0 aromatic heterocycles. The van der Waals surface area contributed by atoms with Gasteiger partial charge in [0.1, 0.15) is 5.75 Å². The van der Waals surface area contributed by atoms with E-state index in [0.717, 1.165) is 31.5 Å². The second kappa shape index (κ2) is 6.57. The summed E-state index contributed by atoms with van der Waals surface area (Å²) in [5.41, 5.74) is 1.06. The standard InChI is InChI=1S/C15H21NO3/c1-2-19-15(18)14-6-7-16-10-12(14)8-11-4-3-5-13(17)9-11/h3-5,9,12,14,16-17H,2,6-8,10H2,1H3. The highest BCUT2D eigenvalue weighted by Gasteiger charge is 2.31. The molecule has 104 valence electrons. The molecule has 1 heterocycles. The van der Waals surface area contributed by atoms with Gasteiger partial charge in [0.15, 0.2) is 0 Å². The summed E-state index contributed by atoms with van der Waals surface area (Å²) in [6.07, 6.45) is 1.60. The first-order valence-electron chi connectivity index (χ1n) is 6.86. The molecule has 0 saturated carbocycles. The van der Waals surface area contributed by atoms with Crippen LogP contribution in [0.1, 0.15) is 18.9 Å². The summed E-state index contributed by atoms with van der Waals surface area (Å²) in [7, 11) is 0. The van der Waals surface area contributed by atoms with Crippen molar-refractivity contribution in [1.29, 1.82) is 0 Å². The van der Waals surface area contributed by atoms with Crippen LogP contribution in [-0.4, -0.2) is 30.8 Å². The minimum atomic E-state index is -0.0887. The Bertz CT molecular complexity index is 433. The maximum absolute atomic E-state index is 12.0. The first-order chi connectivity index (χ1) is 9.20. The Morgan fingerprint density at radius 3 is 3.11 bits per heavy atom. The molecule has 0 aliphatic carbocycles. The molecule has 0 spiro atoms. The predicted molar refractivity (Wildman–Crippen MR) is 72.9 cm³/mol. The normalized spacial score (nSPS) is 23.0. The van der Waals surface area contributed by atoms with Gasteiger partial charge in [-0.3, -0.25) is 4.79 Å². The van der Waals surface area contributed by atoms with Crippen molar-refractivity contribution in [3.63, 3.8) is 0 Å². The Labute approximate surface area is 113 Å². The van der Waals surface area contributed by atoms with Gasteiger partial charge in [0.2, 0.25) is 0 Å². The number of phenols is 1. The fourth-order valence-corrected chi connectivity index (χ4v) is 2.68. The van der Waals surface area contributed by atoms with Crippen LogP contribution in [0.3, 0.4) is 0 Å². The summed E-state index contributed by atoms with van der Waals surface area (Å²) >= 11 is 0. The molecule has 2 unspecified atom stereocenters. The van der Waals surface area contributed by atoms with Gasteiger partial charge in [-0.05, 0) is 56.5 Å². The molecule has 1 aromatic carbocycles. The van der Waals surface area contributed by atoms with Gasteiger partial charge in [-0.1, -0.05) is 12.1 Å². The summed E-state index contributed by atoms with van der Waals surface area (Å²) < 4.78 is 5.16. The fraction of sp³-hybridized carbons (Fsp3) is 0.533. The molecule has 4 nitrogen and oxygen atoms in total. The van der Waals surface area contributed by atoms with Crippen molar-refractivity contribution in [2.45, 2.75) is 19.8 Å². The maximum atomic E-state index is 12.0. The van der Waals surface area contributed by atoms with Gasteiger partial charge in [0.05, 0.1) is 12.5 Å². The minimum absolute atomic E-state index is 0.0384. The van der Waals surface area contributed by atoms with Crippen molar-refractivity contribution in [1.82, 2.24) is 5.32 Å². The van der Waals surface area contributed by atoms with E-state index >= 15 is 0 Å². The highest BCUT2D eigenvalue weighted by atomic mass is 16.5. The van der Waals surface area contributed by atoms with E-state index in [4.69, 9.17) is 4.74 Å². The zero-order chi connectivity index (χ0) is 13.7. The molecule has 0 bridgehead atoms. The first-order valence-corrected chi connectivity index (χ1v) is 6.86. The zero-order valence-electron chi connectivity index (χ0n) is 11.3. The van der Waals surface area contributed by atoms with Crippen LogP contribution in [-0.2, 0) is 16.0 Å². The second-order valence-corrected chi connectivity index (χ2v) is 4.99. The summed E-state index contributed by atoms with van der Waals surface area (Å²) in [5.74, 6) is 0.376. The molecule has 1 aromatic rings. The molecule has 1 aliphatic rings. The average molecular weight is 263 g/mol. The largest absolute Gasteiger partial charge is 0.508 e. The number of ether oxygens (including phenoxy) is 1. The minimum Gasteiger partial charge on any atom is -0.508 e. The first kappa shape index (κ1) is 13.9. The van der Waals surface area contributed by atoms with Crippen molar-refractivity contribution >= 4 is 5.97 Å². The lowest BCUT2D eigenvalue weighted by atomic mass is 9.82. The third-order valence-corrected chi connectivity index (χ3v) is 3.61. The highest BCUT2D eigenvalue weighted by molar-refractivity contribution is 5.73. The van der Waals surface area contributed by atoms with Gasteiger partial charge in [-0.25, -0.2) is 0 Å². The van der Waals surface area contributed by atoms with Gasteiger partial charge in [-0.2, -0.15) is 0 Å². The summed E-state index contributed by atoms with van der Waals surface area (Å²) in [5, 5.41) is 12.8. The van der Waals surface area contributed by atoms with Crippen LogP contribution in [0.4, 0.5) is 0 Å². The molecule has 2 rings (SSSR count). The van der Waals surface area contributed by atoms with E-state index in [1.54, 1.807) is 12.1 Å². The Balaban J connectivity index is 2.05. The lowest BCUT2D eigenvalue weighted by molar-refractivity contribution is -0.150. The number of nitrogens with one attached hydrogen (secondary N) is 1. The number of benzene rings is 1. The maximum Gasteiger partial charge on any atom is 0.309 e. The van der Waals surface area contributed by atoms with Crippen molar-refractivity contribution in [3.05, 3.63) is 29.8 Å². The van der Waals surface area contributed by atoms with E-state index in [1.807, 2.05) is 19.1 Å². The number of rotatable bonds is 4. The van der Waals surface area contributed by atoms with Crippen molar-refractivity contribution in [2.75, 3.05) is 19.7 Å². The van der Waals surface area contributed by atoms with E-state index < -0.39 is 0 Å². The Hall–Kier alpha value is -1.55. The number of hydrogen-bond acceptors (Lipinski definition) is 4. The van der Waals surface area contributed by atoms with Crippen LogP contribution in [0.15, 0.2) is 24.3 Å². The molecule has 2 atom stereocenters. The SMILES string of the molecule is CCOC(=O)C1CCNCC1Cc1cccc(O)c1. The van der Waals surface area contributed by atoms with E-state index in [0.29, 0.717) is 6.61 Å². The monoisotopic (exact) mass is 263 g/mol. The lowest BCUT2D eigenvalue weighted by Gasteiger charge is -2.30. The molecule has 0 amide bonds. The third kappa shape index (κ3) is 3.70. The van der Waals surface area contributed by atoms with Crippen LogP contribution in [0.5, 0.6) is 5.75 Å². The van der Waals surface area contributed by atoms with Gasteiger partial charge in [-0.15, -0.1) is 0 Å². The van der Waals surface area contributed by atoms with Crippen molar-refractivity contribution in [3.8, 4) is 5.75 Å². The van der Waals surface area contributed by atoms with Crippen LogP contribution in [0.25, 0.3) is 0 Å². The number of phenolic OH excluding ortho intramolecular Hbond substituents is 1. The number of piperidine rings is 1. The second-order valence-electron chi connectivity index (χ2n) is 4.99. The Kier molecular flexibility index (Phi) is 4.80. The van der Waals surface area contributed by atoms with Gasteiger partial charge in [0, 0.05) is 0 Å². The number of aromatic hydroxyl groups is 1.